The first-order valence-corrected chi connectivity index (χ1v) is 11.3. The Morgan fingerprint density at radius 1 is 1.17 bits per heavy atom. The van der Waals surface area contributed by atoms with E-state index in [1.54, 1.807) is 30.6 Å². The summed E-state index contributed by atoms with van der Waals surface area (Å²) in [5, 5.41) is 5.49. The van der Waals surface area contributed by atoms with Gasteiger partial charge in [0.1, 0.15) is 0 Å². The highest BCUT2D eigenvalue weighted by Gasteiger charge is 2.26. The number of nitrogens with zero attached hydrogens (tertiary/aromatic N) is 1. The summed E-state index contributed by atoms with van der Waals surface area (Å²) >= 11 is 5.90. The van der Waals surface area contributed by atoms with E-state index in [1.165, 1.54) is 0 Å². The maximum absolute atomic E-state index is 12.8. The summed E-state index contributed by atoms with van der Waals surface area (Å²) in [7, 11) is -3.62. The van der Waals surface area contributed by atoms with Crippen molar-refractivity contribution in [2.24, 2.45) is 0 Å². The van der Waals surface area contributed by atoms with Crippen LogP contribution in [0, 0.1) is 0 Å². The number of nitrogens with one attached hydrogen (secondary N) is 2. The second kappa shape index (κ2) is 8.77. The molecule has 6 nitrogen and oxygen atoms in total. The summed E-state index contributed by atoms with van der Waals surface area (Å²) < 4.78 is 34.3. The molecule has 0 radical (unpaired) electrons. The van der Waals surface area contributed by atoms with E-state index in [0.29, 0.717) is 30.1 Å². The van der Waals surface area contributed by atoms with Crippen molar-refractivity contribution in [3.63, 3.8) is 0 Å². The van der Waals surface area contributed by atoms with Crippen LogP contribution in [0.4, 0.5) is 0 Å². The van der Waals surface area contributed by atoms with Crippen LogP contribution in [0.1, 0.15) is 12.0 Å². The van der Waals surface area contributed by atoms with Crippen LogP contribution in [0.3, 0.4) is 0 Å². The van der Waals surface area contributed by atoms with E-state index < -0.39 is 10.0 Å². The second-order valence-corrected chi connectivity index (χ2v) is 9.28. The van der Waals surface area contributed by atoms with E-state index in [-0.39, 0.29) is 17.0 Å². The highest BCUT2D eigenvalue weighted by Crippen LogP contribution is 2.22. The number of ether oxygens (including phenoxy) is 1. The molecule has 0 amide bonds. The Morgan fingerprint density at radius 2 is 2.00 bits per heavy atom. The molecular weight excluding hydrogens is 410 g/mol. The SMILES string of the molecule is O=S(=O)(NCC1CC(OCc2ccc(Cl)cc2)CN1)c1cccc2cnccc12. The van der Waals surface area contributed by atoms with E-state index in [4.69, 9.17) is 16.3 Å². The van der Waals surface area contributed by atoms with Crippen molar-refractivity contribution in [2.45, 2.75) is 30.1 Å². The fraction of sp³-hybridized carbons (Fsp3) is 0.286. The molecule has 2 aromatic carbocycles. The van der Waals surface area contributed by atoms with Crippen LogP contribution in [0.15, 0.2) is 65.8 Å². The van der Waals surface area contributed by atoms with Gasteiger partial charge in [0.25, 0.3) is 0 Å². The van der Waals surface area contributed by atoms with Gasteiger partial charge in [-0.3, -0.25) is 4.98 Å². The molecule has 4 rings (SSSR count). The fourth-order valence-corrected chi connectivity index (χ4v) is 4.91. The minimum atomic E-state index is -3.62. The molecule has 8 heteroatoms. The normalized spacial score (nSPS) is 19.6. The predicted molar refractivity (Wildman–Crippen MR) is 113 cm³/mol. The lowest BCUT2D eigenvalue weighted by atomic mass is 10.2. The third-order valence-corrected chi connectivity index (χ3v) is 6.76. The first-order valence-electron chi connectivity index (χ1n) is 9.43. The first kappa shape index (κ1) is 20.3. The Balaban J connectivity index is 1.32. The molecule has 1 aliphatic heterocycles. The minimum Gasteiger partial charge on any atom is -0.372 e. The van der Waals surface area contributed by atoms with E-state index >= 15 is 0 Å². The summed E-state index contributed by atoms with van der Waals surface area (Å²) in [6.45, 7) is 1.51. The lowest BCUT2D eigenvalue weighted by molar-refractivity contribution is 0.0526. The Kier molecular flexibility index (Phi) is 6.12. The van der Waals surface area contributed by atoms with Crippen molar-refractivity contribution in [3.8, 4) is 0 Å². The zero-order chi connectivity index (χ0) is 20.3. The number of aromatic nitrogens is 1. The van der Waals surface area contributed by atoms with Gasteiger partial charge in [0, 0.05) is 47.3 Å². The van der Waals surface area contributed by atoms with Crippen LogP contribution < -0.4 is 10.0 Å². The van der Waals surface area contributed by atoms with E-state index in [1.807, 2.05) is 30.3 Å². The number of rotatable bonds is 7. The smallest absolute Gasteiger partial charge is 0.241 e. The zero-order valence-corrected chi connectivity index (χ0v) is 17.3. The Bertz CT molecular complexity index is 1080. The molecule has 0 spiro atoms. The first-order chi connectivity index (χ1) is 14.0. The molecule has 3 aromatic rings. The van der Waals surface area contributed by atoms with Crippen LogP contribution in [0.2, 0.25) is 5.02 Å². The minimum absolute atomic E-state index is 0.0247. The third kappa shape index (κ3) is 4.94. The molecule has 1 aliphatic rings. The lowest BCUT2D eigenvalue weighted by Gasteiger charge is -2.14. The van der Waals surface area contributed by atoms with Crippen molar-refractivity contribution in [1.29, 1.82) is 0 Å². The molecule has 1 aromatic heterocycles. The van der Waals surface area contributed by atoms with Gasteiger partial charge in [-0.15, -0.1) is 0 Å². The number of hydrogen-bond donors (Lipinski definition) is 2. The molecule has 2 heterocycles. The van der Waals surface area contributed by atoms with Crippen LogP contribution >= 0.6 is 11.6 Å². The lowest BCUT2D eigenvalue weighted by Crippen LogP contribution is -2.37. The average Bonchev–Trinajstić information content (AvgIpc) is 3.19. The van der Waals surface area contributed by atoms with Crippen molar-refractivity contribution in [3.05, 3.63) is 71.5 Å². The van der Waals surface area contributed by atoms with E-state index in [2.05, 4.69) is 15.0 Å². The number of benzene rings is 2. The molecule has 1 fully saturated rings. The summed E-state index contributed by atoms with van der Waals surface area (Å²) in [6.07, 6.45) is 4.05. The standard InChI is InChI=1S/C21H22ClN3O3S/c22-17-6-4-15(5-7-17)14-28-19-10-18(24-13-19)12-25-29(26,27)21-3-1-2-16-11-23-9-8-20(16)21/h1-9,11,18-19,24-25H,10,12-14H2. The highest BCUT2D eigenvalue weighted by atomic mass is 35.5. The van der Waals surface area contributed by atoms with E-state index in [0.717, 1.165) is 17.4 Å². The maximum atomic E-state index is 12.8. The van der Waals surface area contributed by atoms with Crippen LogP contribution in [0.5, 0.6) is 0 Å². The largest absolute Gasteiger partial charge is 0.372 e. The van der Waals surface area contributed by atoms with Gasteiger partial charge in [-0.05, 0) is 36.2 Å². The molecule has 2 N–H and O–H groups in total. The molecule has 1 saturated heterocycles. The maximum Gasteiger partial charge on any atom is 0.241 e. The third-order valence-electron chi connectivity index (χ3n) is 5.03. The molecule has 0 aliphatic carbocycles. The molecule has 0 bridgehead atoms. The van der Waals surface area contributed by atoms with Crippen LogP contribution in [-0.4, -0.2) is 38.6 Å². The summed E-state index contributed by atoms with van der Waals surface area (Å²) in [5.41, 5.74) is 1.06. The van der Waals surface area contributed by atoms with E-state index in [9.17, 15) is 8.42 Å². The molecule has 2 unspecified atom stereocenters. The second-order valence-electron chi connectivity index (χ2n) is 7.11. The van der Waals surface area contributed by atoms with Gasteiger partial charge >= 0.3 is 0 Å². The molecule has 2 atom stereocenters. The number of fused-ring (bicyclic) bond motifs is 1. The Morgan fingerprint density at radius 3 is 2.83 bits per heavy atom. The van der Waals surface area contributed by atoms with Gasteiger partial charge in [0.05, 0.1) is 17.6 Å². The van der Waals surface area contributed by atoms with Gasteiger partial charge in [-0.25, -0.2) is 13.1 Å². The number of halogens is 1. The number of pyridine rings is 1. The monoisotopic (exact) mass is 431 g/mol. The summed E-state index contributed by atoms with van der Waals surface area (Å²) in [5.74, 6) is 0. The highest BCUT2D eigenvalue weighted by molar-refractivity contribution is 7.89. The zero-order valence-electron chi connectivity index (χ0n) is 15.7. The molecule has 0 saturated carbocycles. The molecule has 152 valence electrons. The summed E-state index contributed by atoms with van der Waals surface area (Å²) in [4.78, 5) is 4.32. The van der Waals surface area contributed by atoms with Crippen molar-refractivity contribution in [2.75, 3.05) is 13.1 Å². The van der Waals surface area contributed by atoms with Crippen LogP contribution in [-0.2, 0) is 21.4 Å². The summed E-state index contributed by atoms with van der Waals surface area (Å²) in [6, 6.07) is 14.5. The molecule has 29 heavy (non-hydrogen) atoms. The van der Waals surface area contributed by atoms with Gasteiger partial charge in [0.15, 0.2) is 0 Å². The Hall–Kier alpha value is -2.03. The predicted octanol–water partition coefficient (Wildman–Crippen LogP) is 3.11. The van der Waals surface area contributed by atoms with Crippen LogP contribution in [0.25, 0.3) is 10.8 Å². The van der Waals surface area contributed by atoms with Gasteiger partial charge < -0.3 is 10.1 Å². The van der Waals surface area contributed by atoms with Gasteiger partial charge in [0.2, 0.25) is 10.0 Å². The fourth-order valence-electron chi connectivity index (χ4n) is 3.47. The van der Waals surface area contributed by atoms with Crippen molar-refractivity contribution < 1.29 is 13.2 Å². The average molecular weight is 432 g/mol. The topological polar surface area (TPSA) is 80.3 Å². The molecular formula is C21H22ClN3O3S. The Labute approximate surface area is 175 Å². The van der Waals surface area contributed by atoms with Gasteiger partial charge in [-0.2, -0.15) is 0 Å². The number of hydrogen-bond acceptors (Lipinski definition) is 5. The van der Waals surface area contributed by atoms with Crippen molar-refractivity contribution >= 4 is 32.4 Å². The van der Waals surface area contributed by atoms with Gasteiger partial charge in [-0.1, -0.05) is 35.9 Å². The quantitative estimate of drug-likeness (QED) is 0.600. The number of sulfonamides is 1. The van der Waals surface area contributed by atoms with Crippen molar-refractivity contribution in [1.82, 2.24) is 15.0 Å².